The van der Waals surface area contributed by atoms with Gasteiger partial charge in [-0.25, -0.2) is 4.79 Å². The van der Waals surface area contributed by atoms with Crippen LogP contribution in [0.5, 0.6) is 0 Å². The number of fused-ring (bicyclic) bond motifs is 1. The van der Waals surface area contributed by atoms with Crippen molar-refractivity contribution < 1.29 is 23.8 Å². The van der Waals surface area contributed by atoms with E-state index in [0.29, 0.717) is 5.69 Å². The molecule has 0 aromatic heterocycles. The summed E-state index contributed by atoms with van der Waals surface area (Å²) in [6.07, 6.45) is -1.38. The molecular weight excluding hydrogens is 272 g/mol. The second kappa shape index (κ2) is 4.72. The van der Waals surface area contributed by atoms with E-state index in [2.05, 4.69) is 0 Å². The Kier molecular flexibility index (Phi) is 3.40. The number of hydrogen-bond donors (Lipinski definition) is 4. The molecule has 1 unspecified atom stereocenters. The first-order valence-corrected chi connectivity index (χ1v) is 7.16. The normalized spacial score (nSPS) is 23.2. The maximum Gasteiger partial charge on any atom is 0.405 e. The molecule has 1 aliphatic rings. The number of hydrogen-bond acceptors (Lipinski definition) is 4. The highest BCUT2D eigenvalue weighted by molar-refractivity contribution is 8.24. The van der Waals surface area contributed by atoms with Crippen molar-refractivity contribution in [3.05, 3.63) is 24.3 Å². The number of carboxylic acid groups (broad SMARTS) is 1. The first-order valence-electron chi connectivity index (χ1n) is 5.45. The van der Waals surface area contributed by atoms with E-state index in [-0.39, 0.29) is 10.6 Å². The number of anilines is 1. The second-order valence-electron chi connectivity index (χ2n) is 4.20. The maximum atomic E-state index is 12.1. The first kappa shape index (κ1) is 13.7. The number of carbonyl (C=O) groups is 2. The molecule has 0 bridgehead atoms. The van der Waals surface area contributed by atoms with E-state index in [4.69, 9.17) is 5.11 Å². The van der Waals surface area contributed by atoms with Crippen LogP contribution in [-0.2, 0) is 4.79 Å². The molecule has 0 saturated carbocycles. The fourth-order valence-electron chi connectivity index (χ4n) is 2.01. The van der Waals surface area contributed by atoms with Crippen molar-refractivity contribution in [1.82, 2.24) is 5.32 Å². The third-order valence-corrected chi connectivity index (χ3v) is 4.75. The Morgan fingerprint density at radius 1 is 1.42 bits per heavy atom. The fourth-order valence-corrected chi connectivity index (χ4v) is 3.72. The van der Waals surface area contributed by atoms with Gasteiger partial charge in [0.1, 0.15) is 6.04 Å². The molecule has 1 atom stereocenters. The number of nitrogens with zero attached hydrogens (tertiary/aromatic N) is 1. The molecule has 2 amide bonds. The Balaban J connectivity index is 2.48. The molecule has 1 heterocycles. The van der Waals surface area contributed by atoms with Crippen LogP contribution in [0.15, 0.2) is 29.2 Å². The van der Waals surface area contributed by atoms with Crippen LogP contribution in [0, 0.1) is 0 Å². The minimum atomic E-state index is -3.23. The van der Waals surface area contributed by atoms with E-state index in [1.807, 2.05) is 5.32 Å². The molecule has 0 aliphatic carbocycles. The Morgan fingerprint density at radius 3 is 2.68 bits per heavy atom. The van der Waals surface area contributed by atoms with Gasteiger partial charge < -0.3 is 15.3 Å². The molecule has 0 fully saturated rings. The summed E-state index contributed by atoms with van der Waals surface area (Å²) in [4.78, 5) is 24.3. The fraction of sp³-hybridized carbons (Fsp3) is 0.273. The summed E-state index contributed by atoms with van der Waals surface area (Å²) in [5.74, 6) is -0.883. The topological polar surface area (TPSA) is 110 Å². The van der Waals surface area contributed by atoms with Crippen LogP contribution in [0.4, 0.5) is 10.5 Å². The monoisotopic (exact) mass is 286 g/mol. The van der Waals surface area contributed by atoms with E-state index < -0.39 is 28.6 Å². The van der Waals surface area contributed by atoms with Crippen LogP contribution >= 0.6 is 10.6 Å². The predicted molar refractivity (Wildman–Crippen MR) is 70.8 cm³/mol. The molecule has 0 radical (unpaired) electrons. The molecule has 1 aromatic carbocycles. The Hall–Kier alpha value is -1.77. The number of para-hydroxylation sites is 1. The van der Waals surface area contributed by atoms with E-state index in [0.717, 1.165) is 0 Å². The SMILES string of the molecule is CN1C(=O)C(NC(=O)O)CS(O)(O)c2ccccc21. The maximum absolute atomic E-state index is 12.1. The summed E-state index contributed by atoms with van der Waals surface area (Å²) in [6.45, 7) is 0. The summed E-state index contributed by atoms with van der Waals surface area (Å²) in [5.41, 5.74) is 0.377. The zero-order valence-electron chi connectivity index (χ0n) is 10.1. The minimum Gasteiger partial charge on any atom is -0.465 e. The molecule has 0 saturated heterocycles. The van der Waals surface area contributed by atoms with Gasteiger partial charge in [0.15, 0.2) is 0 Å². The van der Waals surface area contributed by atoms with Crippen LogP contribution in [0.3, 0.4) is 0 Å². The van der Waals surface area contributed by atoms with Gasteiger partial charge in [-0.1, -0.05) is 12.1 Å². The Morgan fingerprint density at radius 2 is 2.05 bits per heavy atom. The Labute approximate surface area is 111 Å². The molecule has 0 spiro atoms. The molecule has 4 N–H and O–H groups in total. The summed E-state index contributed by atoms with van der Waals surface area (Å²) < 4.78 is 20.3. The summed E-state index contributed by atoms with van der Waals surface area (Å²) in [7, 11) is -1.76. The highest BCUT2D eigenvalue weighted by Crippen LogP contribution is 2.54. The van der Waals surface area contributed by atoms with Crippen LogP contribution < -0.4 is 10.2 Å². The number of carbonyl (C=O) groups excluding carboxylic acids is 1. The smallest absolute Gasteiger partial charge is 0.405 e. The average Bonchev–Trinajstić information content (AvgIpc) is 2.40. The van der Waals surface area contributed by atoms with Gasteiger partial charge in [-0.2, -0.15) is 10.6 Å². The van der Waals surface area contributed by atoms with Gasteiger partial charge >= 0.3 is 6.09 Å². The van der Waals surface area contributed by atoms with Gasteiger partial charge in [0.05, 0.1) is 16.3 Å². The highest BCUT2D eigenvalue weighted by atomic mass is 32.3. The number of nitrogens with one attached hydrogen (secondary N) is 1. The number of benzene rings is 1. The van der Waals surface area contributed by atoms with Gasteiger partial charge in [0.2, 0.25) is 0 Å². The third kappa shape index (κ3) is 2.50. The van der Waals surface area contributed by atoms with Crippen molar-refractivity contribution in [3.8, 4) is 0 Å². The van der Waals surface area contributed by atoms with Crippen LogP contribution in [0.2, 0.25) is 0 Å². The van der Waals surface area contributed by atoms with Crippen molar-refractivity contribution in [2.24, 2.45) is 0 Å². The number of amides is 2. The summed E-state index contributed by atoms with van der Waals surface area (Å²) in [5, 5.41) is 10.7. The van der Waals surface area contributed by atoms with E-state index in [1.165, 1.54) is 18.0 Å². The predicted octanol–water partition coefficient (Wildman–Crippen LogP) is 1.41. The first-order chi connectivity index (χ1) is 8.83. The quantitative estimate of drug-likeness (QED) is 0.624. The highest BCUT2D eigenvalue weighted by Gasteiger charge is 2.36. The third-order valence-electron chi connectivity index (χ3n) is 2.90. The van der Waals surface area contributed by atoms with Gasteiger partial charge in [0, 0.05) is 7.05 Å². The lowest BCUT2D eigenvalue weighted by Gasteiger charge is -2.33. The van der Waals surface area contributed by atoms with Crippen LogP contribution in [0.25, 0.3) is 0 Å². The van der Waals surface area contributed by atoms with Crippen molar-refractivity contribution in [3.63, 3.8) is 0 Å². The minimum absolute atomic E-state index is 0.250. The molecule has 19 heavy (non-hydrogen) atoms. The standard InChI is InChI=1S/C11H14N2O5S/c1-13-8-4-2-3-5-9(8)19(17,18)6-7(10(13)14)12-11(15)16/h2-5,7,12,17-18H,6H2,1H3,(H,15,16). The lowest BCUT2D eigenvalue weighted by Crippen LogP contribution is -2.48. The molecule has 1 aromatic rings. The van der Waals surface area contributed by atoms with E-state index >= 15 is 0 Å². The Bertz CT molecular complexity index is 534. The zero-order valence-corrected chi connectivity index (χ0v) is 10.9. The van der Waals surface area contributed by atoms with Crippen molar-refractivity contribution in [2.45, 2.75) is 10.9 Å². The van der Waals surface area contributed by atoms with E-state index in [9.17, 15) is 18.7 Å². The summed E-state index contributed by atoms with van der Waals surface area (Å²) >= 11 is 0. The second-order valence-corrected chi connectivity index (χ2v) is 6.31. The van der Waals surface area contributed by atoms with Crippen molar-refractivity contribution in [2.75, 3.05) is 17.7 Å². The molecule has 2 rings (SSSR count). The number of rotatable bonds is 1. The molecule has 7 nitrogen and oxygen atoms in total. The van der Waals surface area contributed by atoms with Gasteiger partial charge in [0.25, 0.3) is 5.91 Å². The van der Waals surface area contributed by atoms with Crippen LogP contribution in [0.1, 0.15) is 0 Å². The lowest BCUT2D eigenvalue weighted by molar-refractivity contribution is -0.119. The van der Waals surface area contributed by atoms with Gasteiger partial charge in [-0.3, -0.25) is 13.9 Å². The largest absolute Gasteiger partial charge is 0.465 e. The summed E-state index contributed by atoms with van der Waals surface area (Å²) in [6, 6.07) is 5.24. The molecular formula is C11H14N2O5S. The molecule has 104 valence electrons. The number of likely N-dealkylation sites (N-methyl/N-ethyl adjacent to an activating group) is 1. The van der Waals surface area contributed by atoms with Crippen molar-refractivity contribution >= 4 is 28.3 Å². The van der Waals surface area contributed by atoms with Crippen LogP contribution in [-0.4, -0.2) is 45.1 Å². The molecule has 1 aliphatic heterocycles. The van der Waals surface area contributed by atoms with Gasteiger partial charge in [-0.15, -0.1) is 0 Å². The average molecular weight is 286 g/mol. The van der Waals surface area contributed by atoms with E-state index in [1.54, 1.807) is 18.2 Å². The molecule has 8 heteroatoms. The van der Waals surface area contributed by atoms with Crippen molar-refractivity contribution in [1.29, 1.82) is 0 Å². The van der Waals surface area contributed by atoms with Gasteiger partial charge in [-0.05, 0) is 12.1 Å². The zero-order chi connectivity index (χ0) is 14.2. The lowest BCUT2D eigenvalue weighted by atomic mass is 10.2.